The van der Waals surface area contributed by atoms with Crippen LogP contribution in [0.25, 0.3) is 11.0 Å². The first-order valence-electron chi connectivity index (χ1n) is 9.30. The van der Waals surface area contributed by atoms with Gasteiger partial charge in [0, 0.05) is 41.4 Å². The molecular formula is C20H21BrN8. The second-order valence-electron chi connectivity index (χ2n) is 7.19. The van der Waals surface area contributed by atoms with Gasteiger partial charge < -0.3 is 20.5 Å². The van der Waals surface area contributed by atoms with E-state index in [-0.39, 0.29) is 0 Å². The van der Waals surface area contributed by atoms with Crippen LogP contribution in [0.1, 0.15) is 18.2 Å². The number of rotatable bonds is 2. The van der Waals surface area contributed by atoms with Crippen LogP contribution in [0.4, 0.5) is 5.69 Å². The van der Waals surface area contributed by atoms with Crippen LogP contribution < -0.4 is 10.6 Å². The smallest absolute Gasteiger partial charge is 0.215 e. The highest BCUT2D eigenvalue weighted by molar-refractivity contribution is 9.10. The van der Waals surface area contributed by atoms with Gasteiger partial charge >= 0.3 is 0 Å². The molecule has 4 rings (SSSR count). The number of hydrogen-bond acceptors (Lipinski definition) is 5. The number of nitrogens with zero attached hydrogens (tertiary/aromatic N) is 5. The molecule has 0 bridgehead atoms. The Bertz CT molecular complexity index is 1120. The summed E-state index contributed by atoms with van der Waals surface area (Å²) in [6, 6.07) is 7.78. The van der Waals surface area contributed by atoms with Crippen LogP contribution in [0.3, 0.4) is 0 Å². The normalized spacial score (nSPS) is 19.9. The molecule has 8 nitrogen and oxygen atoms in total. The van der Waals surface area contributed by atoms with Crippen molar-refractivity contribution in [3.63, 3.8) is 0 Å². The van der Waals surface area contributed by atoms with Gasteiger partial charge in [0.25, 0.3) is 0 Å². The van der Waals surface area contributed by atoms with Gasteiger partial charge in [-0.2, -0.15) is 5.26 Å². The number of piperazine rings is 1. The first-order valence-corrected chi connectivity index (χ1v) is 10.1. The highest BCUT2D eigenvalue weighted by Crippen LogP contribution is 2.34. The molecule has 1 saturated heterocycles. The standard InChI is InChI=1S/C20H21BrN8/c1-13-9-24-18-16(13)17(26-12-27-18)20(2)10-23-6-7-29(20)19(25-11-22)28-15-5-3-4-14(21)8-15/h3-5,8-9,12,23H,6-7,10H2,1-2H3,(H,25,28)(H,24,26,27)/t20-/m0/s1. The molecule has 1 fully saturated rings. The Morgan fingerprint density at radius 1 is 1.41 bits per heavy atom. The molecule has 0 radical (unpaired) electrons. The van der Waals surface area contributed by atoms with E-state index in [1.807, 2.05) is 43.6 Å². The molecule has 0 amide bonds. The minimum absolute atomic E-state index is 0.495. The first kappa shape index (κ1) is 19.4. The lowest BCUT2D eigenvalue weighted by atomic mass is 9.90. The monoisotopic (exact) mass is 452 g/mol. The zero-order valence-corrected chi connectivity index (χ0v) is 17.8. The number of hydrogen-bond donors (Lipinski definition) is 3. The predicted molar refractivity (Wildman–Crippen MR) is 116 cm³/mol. The Kier molecular flexibility index (Phi) is 5.22. The summed E-state index contributed by atoms with van der Waals surface area (Å²) in [5.41, 5.74) is 3.11. The van der Waals surface area contributed by atoms with Crippen LogP contribution in [0.5, 0.6) is 0 Å². The van der Waals surface area contributed by atoms with E-state index in [1.54, 1.807) is 6.33 Å². The molecule has 0 saturated carbocycles. The summed E-state index contributed by atoms with van der Waals surface area (Å²) < 4.78 is 0.947. The maximum atomic E-state index is 9.36. The Balaban J connectivity index is 1.80. The molecule has 3 heterocycles. The number of benzene rings is 1. The summed E-state index contributed by atoms with van der Waals surface area (Å²) in [7, 11) is 0. The van der Waals surface area contributed by atoms with E-state index in [9.17, 15) is 5.26 Å². The Morgan fingerprint density at radius 3 is 3.07 bits per heavy atom. The molecule has 3 N–H and O–H groups in total. The second-order valence-corrected chi connectivity index (χ2v) is 8.11. The van der Waals surface area contributed by atoms with Crippen molar-refractivity contribution >= 4 is 38.6 Å². The maximum Gasteiger partial charge on any atom is 0.215 e. The van der Waals surface area contributed by atoms with Gasteiger partial charge in [0.05, 0.1) is 11.2 Å². The SMILES string of the molecule is Cc1c[nH]c2ncnc([C@]3(C)CNCCN3/C(=N\C#N)Nc3cccc(Br)c3)c12. The lowest BCUT2D eigenvalue weighted by molar-refractivity contribution is 0.150. The highest BCUT2D eigenvalue weighted by atomic mass is 79.9. The minimum Gasteiger partial charge on any atom is -0.346 e. The van der Waals surface area contributed by atoms with E-state index in [4.69, 9.17) is 0 Å². The molecule has 29 heavy (non-hydrogen) atoms. The van der Waals surface area contributed by atoms with Crippen LogP contribution in [-0.2, 0) is 5.54 Å². The maximum absolute atomic E-state index is 9.36. The number of guanidine groups is 1. The van der Waals surface area contributed by atoms with Crippen molar-refractivity contribution in [1.82, 2.24) is 25.2 Å². The number of aryl methyl sites for hydroxylation is 1. The number of fused-ring (bicyclic) bond motifs is 1. The summed E-state index contributed by atoms with van der Waals surface area (Å²) in [5, 5.41) is 17.1. The van der Waals surface area contributed by atoms with Gasteiger partial charge in [-0.1, -0.05) is 22.0 Å². The number of halogens is 1. The van der Waals surface area contributed by atoms with Gasteiger partial charge in [-0.25, -0.2) is 9.97 Å². The number of aromatic nitrogens is 3. The quantitative estimate of drug-likeness (QED) is 0.313. The number of aliphatic imine (C=N–C) groups is 1. The summed E-state index contributed by atoms with van der Waals surface area (Å²) >= 11 is 3.49. The third-order valence-corrected chi connectivity index (χ3v) is 5.74. The van der Waals surface area contributed by atoms with E-state index < -0.39 is 5.54 Å². The van der Waals surface area contributed by atoms with Crippen molar-refractivity contribution in [2.75, 3.05) is 25.0 Å². The van der Waals surface area contributed by atoms with Gasteiger partial charge in [-0.15, -0.1) is 4.99 Å². The van der Waals surface area contributed by atoms with E-state index in [0.29, 0.717) is 19.0 Å². The summed E-state index contributed by atoms with van der Waals surface area (Å²) in [4.78, 5) is 18.5. The van der Waals surface area contributed by atoms with Gasteiger partial charge in [0.15, 0.2) is 0 Å². The van der Waals surface area contributed by atoms with Crippen molar-refractivity contribution in [1.29, 1.82) is 5.26 Å². The topological polar surface area (TPSA) is 105 Å². The molecule has 1 aliphatic rings. The molecule has 2 aromatic heterocycles. The largest absolute Gasteiger partial charge is 0.346 e. The van der Waals surface area contributed by atoms with Crippen molar-refractivity contribution < 1.29 is 0 Å². The fourth-order valence-electron chi connectivity index (χ4n) is 3.84. The van der Waals surface area contributed by atoms with Crippen LogP contribution in [0.2, 0.25) is 0 Å². The Morgan fingerprint density at radius 2 is 2.28 bits per heavy atom. The van der Waals surface area contributed by atoms with Crippen molar-refractivity contribution in [3.8, 4) is 6.19 Å². The van der Waals surface area contributed by atoms with Gasteiger partial charge in [-0.3, -0.25) is 0 Å². The summed E-state index contributed by atoms with van der Waals surface area (Å²) in [6.45, 7) is 6.27. The average molecular weight is 453 g/mol. The van der Waals surface area contributed by atoms with Crippen LogP contribution in [0, 0.1) is 18.4 Å². The lowest BCUT2D eigenvalue weighted by Crippen LogP contribution is -2.61. The summed E-state index contributed by atoms with van der Waals surface area (Å²) in [5.74, 6) is 0.495. The molecule has 9 heteroatoms. The molecule has 3 aromatic rings. The molecule has 0 spiro atoms. The molecule has 1 atom stereocenters. The number of nitrogens with one attached hydrogen (secondary N) is 3. The molecule has 148 valence electrons. The number of H-pyrrole nitrogens is 1. The fourth-order valence-corrected chi connectivity index (χ4v) is 4.24. The zero-order valence-electron chi connectivity index (χ0n) is 16.2. The second kappa shape index (κ2) is 7.81. The van der Waals surface area contributed by atoms with E-state index in [2.05, 4.69) is 58.3 Å². The number of anilines is 1. The Hall–Kier alpha value is -2.96. The molecule has 0 aliphatic carbocycles. The van der Waals surface area contributed by atoms with Gasteiger partial charge in [0.2, 0.25) is 12.2 Å². The first-order chi connectivity index (χ1) is 14.0. The zero-order chi connectivity index (χ0) is 20.4. The van der Waals surface area contributed by atoms with E-state index in [1.165, 1.54) is 0 Å². The van der Waals surface area contributed by atoms with Crippen LogP contribution >= 0.6 is 15.9 Å². The number of aromatic amines is 1. The average Bonchev–Trinajstić information content (AvgIpc) is 3.09. The van der Waals surface area contributed by atoms with Crippen molar-refractivity contribution in [2.24, 2.45) is 4.99 Å². The van der Waals surface area contributed by atoms with Gasteiger partial charge in [-0.05, 0) is 37.6 Å². The lowest BCUT2D eigenvalue weighted by Gasteiger charge is -2.46. The van der Waals surface area contributed by atoms with Crippen LogP contribution in [0.15, 0.2) is 46.3 Å². The van der Waals surface area contributed by atoms with E-state index >= 15 is 0 Å². The molecule has 1 aliphatic heterocycles. The third kappa shape index (κ3) is 3.57. The molecule has 0 unspecified atom stereocenters. The van der Waals surface area contributed by atoms with Crippen molar-refractivity contribution in [2.45, 2.75) is 19.4 Å². The van der Waals surface area contributed by atoms with Gasteiger partial charge in [0.1, 0.15) is 12.0 Å². The van der Waals surface area contributed by atoms with Crippen LogP contribution in [-0.4, -0.2) is 45.4 Å². The fraction of sp³-hybridized carbons (Fsp3) is 0.300. The molecular weight excluding hydrogens is 432 g/mol. The summed E-state index contributed by atoms with van der Waals surface area (Å²) in [6.07, 6.45) is 5.46. The van der Waals surface area contributed by atoms with E-state index in [0.717, 1.165) is 39.0 Å². The number of nitriles is 1. The Labute approximate surface area is 177 Å². The predicted octanol–water partition coefficient (Wildman–Crippen LogP) is 3.10. The molecule has 1 aromatic carbocycles. The van der Waals surface area contributed by atoms with Crippen molar-refractivity contribution in [3.05, 3.63) is 52.5 Å². The highest BCUT2D eigenvalue weighted by Gasteiger charge is 2.41. The third-order valence-electron chi connectivity index (χ3n) is 5.25. The minimum atomic E-state index is -0.527.